The number of nitrogens with zero attached hydrogens (tertiary/aromatic N) is 4. The summed E-state index contributed by atoms with van der Waals surface area (Å²) in [6.45, 7) is 0.243. The minimum Gasteiger partial charge on any atom is -0.418 e. The molecule has 1 aromatic carbocycles. The molecule has 3 aromatic rings. The molecule has 0 radical (unpaired) electrons. The number of methoxy groups -OCH3 is 1. The van der Waals surface area contributed by atoms with Crippen molar-refractivity contribution in [2.24, 2.45) is 0 Å². The van der Waals surface area contributed by atoms with Gasteiger partial charge in [-0.15, -0.1) is 21.5 Å². The predicted octanol–water partition coefficient (Wildman–Crippen LogP) is 2.71. The molecular formula is C21H24N4O5S2. The molecule has 0 atom stereocenters. The molecule has 0 N–H and O–H groups in total. The number of hydrogen-bond acceptors (Lipinski definition) is 8. The van der Waals surface area contributed by atoms with Gasteiger partial charge in [0, 0.05) is 26.1 Å². The highest BCUT2D eigenvalue weighted by Gasteiger charge is 2.23. The molecule has 0 saturated heterocycles. The van der Waals surface area contributed by atoms with Crippen LogP contribution in [0.5, 0.6) is 0 Å². The van der Waals surface area contributed by atoms with Crippen LogP contribution in [0.3, 0.4) is 0 Å². The van der Waals surface area contributed by atoms with Gasteiger partial charge < -0.3 is 14.1 Å². The van der Waals surface area contributed by atoms with Crippen molar-refractivity contribution < 1.29 is 22.4 Å². The quantitative estimate of drug-likeness (QED) is 0.419. The molecule has 0 saturated carbocycles. The highest BCUT2D eigenvalue weighted by molar-refractivity contribution is 7.92. The van der Waals surface area contributed by atoms with E-state index in [2.05, 4.69) is 10.2 Å². The molecule has 9 nitrogen and oxygen atoms in total. The van der Waals surface area contributed by atoms with E-state index in [0.717, 1.165) is 20.2 Å². The van der Waals surface area contributed by atoms with Crippen molar-refractivity contribution in [3.8, 4) is 10.8 Å². The molecule has 2 heterocycles. The van der Waals surface area contributed by atoms with Crippen LogP contribution in [-0.4, -0.2) is 67.6 Å². The van der Waals surface area contributed by atoms with Gasteiger partial charge in [0.1, 0.15) is 0 Å². The Hall–Kier alpha value is -2.86. The second-order valence-corrected chi connectivity index (χ2v) is 9.67. The molecule has 11 heteroatoms. The van der Waals surface area contributed by atoms with Gasteiger partial charge in [-0.25, -0.2) is 8.42 Å². The van der Waals surface area contributed by atoms with E-state index < -0.39 is 15.9 Å². The SMILES string of the molecule is COCCN(Cc1nnc(-c2cccs2)o1)C(=O)CN(C)S(=O)(=O)C=Cc1ccccc1. The molecule has 0 aliphatic carbocycles. The molecule has 0 spiro atoms. The summed E-state index contributed by atoms with van der Waals surface area (Å²) in [4.78, 5) is 15.1. The van der Waals surface area contributed by atoms with Crippen molar-refractivity contribution in [3.63, 3.8) is 0 Å². The van der Waals surface area contributed by atoms with E-state index in [9.17, 15) is 13.2 Å². The first-order chi connectivity index (χ1) is 15.4. The zero-order valence-electron chi connectivity index (χ0n) is 17.7. The van der Waals surface area contributed by atoms with E-state index in [1.54, 1.807) is 12.1 Å². The number of carbonyl (C=O) groups excluding carboxylic acids is 1. The van der Waals surface area contributed by atoms with Crippen LogP contribution in [0.1, 0.15) is 11.5 Å². The Kier molecular flexibility index (Phi) is 8.28. The number of carbonyl (C=O) groups is 1. The number of sulfonamides is 1. The van der Waals surface area contributed by atoms with Gasteiger partial charge in [0.05, 0.1) is 24.6 Å². The Morgan fingerprint density at radius 1 is 1.19 bits per heavy atom. The number of aromatic nitrogens is 2. The van der Waals surface area contributed by atoms with Crippen molar-refractivity contribution in [2.45, 2.75) is 6.54 Å². The van der Waals surface area contributed by atoms with Crippen LogP contribution in [0.4, 0.5) is 0 Å². The maximum absolute atomic E-state index is 12.9. The minimum absolute atomic E-state index is 0.0499. The second kappa shape index (κ2) is 11.1. The summed E-state index contributed by atoms with van der Waals surface area (Å²) in [6, 6.07) is 12.8. The van der Waals surface area contributed by atoms with Crippen LogP contribution >= 0.6 is 11.3 Å². The van der Waals surface area contributed by atoms with Gasteiger partial charge in [0.25, 0.3) is 5.89 Å². The molecule has 0 unspecified atom stereocenters. The first-order valence-electron chi connectivity index (χ1n) is 9.71. The van der Waals surface area contributed by atoms with E-state index in [0.29, 0.717) is 5.89 Å². The lowest BCUT2D eigenvalue weighted by atomic mass is 10.2. The predicted molar refractivity (Wildman–Crippen MR) is 122 cm³/mol. The van der Waals surface area contributed by atoms with Crippen LogP contribution in [0.15, 0.2) is 57.7 Å². The molecule has 0 aliphatic heterocycles. The largest absolute Gasteiger partial charge is 0.418 e. The Morgan fingerprint density at radius 3 is 2.66 bits per heavy atom. The molecule has 0 bridgehead atoms. The monoisotopic (exact) mass is 476 g/mol. The summed E-state index contributed by atoms with van der Waals surface area (Å²) in [6.07, 6.45) is 1.49. The molecule has 32 heavy (non-hydrogen) atoms. The van der Waals surface area contributed by atoms with Gasteiger partial charge >= 0.3 is 0 Å². The standard InChI is InChI=1S/C21H24N4O5S2/c1-24(32(27,28)14-10-17-7-4-3-5-8-17)16-20(26)25(11-12-29-2)15-19-22-23-21(30-19)18-9-6-13-31-18/h3-10,13-14H,11-12,15-16H2,1-2H3. The van der Waals surface area contributed by atoms with E-state index in [1.165, 1.54) is 36.5 Å². The third-order valence-corrected chi connectivity index (χ3v) is 6.80. The highest BCUT2D eigenvalue weighted by Crippen LogP contribution is 2.23. The number of likely N-dealkylation sites (N-methyl/N-ethyl adjacent to an activating group) is 1. The maximum Gasteiger partial charge on any atom is 0.257 e. The molecule has 3 rings (SSSR count). The summed E-state index contributed by atoms with van der Waals surface area (Å²) in [5.41, 5.74) is 0.746. The Bertz CT molecular complexity index is 1130. The number of amides is 1. The van der Waals surface area contributed by atoms with Crippen molar-refractivity contribution in [1.29, 1.82) is 0 Å². The van der Waals surface area contributed by atoms with Crippen LogP contribution in [0.2, 0.25) is 0 Å². The number of hydrogen-bond donors (Lipinski definition) is 0. The third kappa shape index (κ3) is 6.57. The minimum atomic E-state index is -3.78. The summed E-state index contributed by atoms with van der Waals surface area (Å²) in [7, 11) is -0.899. The third-order valence-electron chi connectivity index (χ3n) is 4.47. The molecule has 170 valence electrons. The van der Waals surface area contributed by atoms with Crippen LogP contribution < -0.4 is 0 Å². The maximum atomic E-state index is 12.9. The van der Waals surface area contributed by atoms with E-state index in [4.69, 9.17) is 9.15 Å². The van der Waals surface area contributed by atoms with Gasteiger partial charge in [-0.1, -0.05) is 36.4 Å². The topological polar surface area (TPSA) is 106 Å². The zero-order chi connectivity index (χ0) is 23.0. The van der Waals surface area contributed by atoms with Crippen LogP contribution in [0.25, 0.3) is 16.8 Å². The molecule has 2 aromatic heterocycles. The van der Waals surface area contributed by atoms with Gasteiger partial charge in [-0.2, -0.15) is 4.31 Å². The molecule has 0 aliphatic rings. The highest BCUT2D eigenvalue weighted by atomic mass is 32.2. The first kappa shape index (κ1) is 23.8. The average Bonchev–Trinajstić information content (AvgIpc) is 3.48. The smallest absolute Gasteiger partial charge is 0.257 e. The summed E-state index contributed by atoms with van der Waals surface area (Å²) >= 11 is 1.47. The van der Waals surface area contributed by atoms with Crippen LogP contribution in [0, 0.1) is 0 Å². The normalized spacial score (nSPS) is 12.0. The number of thiophene rings is 1. The molecular weight excluding hydrogens is 452 g/mol. The fourth-order valence-electron chi connectivity index (χ4n) is 2.69. The Balaban J connectivity index is 1.66. The van der Waals surface area contributed by atoms with Crippen molar-refractivity contribution in [1.82, 2.24) is 19.4 Å². The van der Waals surface area contributed by atoms with Crippen LogP contribution in [-0.2, 0) is 26.1 Å². The lowest BCUT2D eigenvalue weighted by Crippen LogP contribution is -2.41. The van der Waals surface area contributed by atoms with Crippen molar-refractivity contribution in [3.05, 3.63) is 64.7 Å². The average molecular weight is 477 g/mol. The van der Waals surface area contributed by atoms with Gasteiger partial charge in [0.2, 0.25) is 21.8 Å². The van der Waals surface area contributed by atoms with Gasteiger partial charge in [-0.3, -0.25) is 4.79 Å². The fourth-order valence-corrected chi connectivity index (χ4v) is 4.16. The Labute approximate surface area is 191 Å². The zero-order valence-corrected chi connectivity index (χ0v) is 19.4. The van der Waals surface area contributed by atoms with Gasteiger partial charge in [0.15, 0.2) is 0 Å². The lowest BCUT2D eigenvalue weighted by molar-refractivity contribution is -0.132. The number of ether oxygens (including phenoxy) is 1. The number of rotatable bonds is 11. The molecule has 1 amide bonds. The number of benzene rings is 1. The van der Waals surface area contributed by atoms with E-state index >= 15 is 0 Å². The summed E-state index contributed by atoms with van der Waals surface area (Å²) < 4.78 is 36.9. The van der Waals surface area contributed by atoms with Crippen molar-refractivity contribution in [2.75, 3.05) is 33.9 Å². The lowest BCUT2D eigenvalue weighted by Gasteiger charge is -2.23. The summed E-state index contributed by atoms with van der Waals surface area (Å²) in [5.74, 6) is 0.226. The fraction of sp³-hybridized carbons (Fsp3) is 0.286. The first-order valence-corrected chi connectivity index (χ1v) is 12.1. The summed E-state index contributed by atoms with van der Waals surface area (Å²) in [5, 5.41) is 11.0. The van der Waals surface area contributed by atoms with Crippen molar-refractivity contribution >= 4 is 33.3 Å². The van der Waals surface area contributed by atoms with E-state index in [1.807, 2.05) is 35.7 Å². The Morgan fingerprint density at radius 2 is 1.97 bits per heavy atom. The van der Waals surface area contributed by atoms with Gasteiger partial charge in [-0.05, 0) is 23.1 Å². The molecule has 0 fully saturated rings. The van der Waals surface area contributed by atoms with E-state index in [-0.39, 0.29) is 32.1 Å². The second-order valence-electron chi connectivity index (χ2n) is 6.80.